The van der Waals surface area contributed by atoms with E-state index in [9.17, 15) is 14.8 Å². The van der Waals surface area contributed by atoms with Crippen molar-refractivity contribution in [3.05, 3.63) is 49.2 Å². The molecule has 0 bridgehead atoms. The number of ether oxygens (including phenoxy) is 1. The molecular formula is C17H17Br2N4O5+. The molecule has 1 amide bonds. The quantitative estimate of drug-likeness (QED) is 0.329. The minimum absolute atomic E-state index is 0.0316. The van der Waals surface area contributed by atoms with Crippen LogP contribution < -0.4 is 15.5 Å². The van der Waals surface area contributed by atoms with E-state index in [1.54, 1.807) is 0 Å². The third-order valence-electron chi connectivity index (χ3n) is 3.54. The summed E-state index contributed by atoms with van der Waals surface area (Å²) in [5.74, 6) is -0.765. The van der Waals surface area contributed by atoms with Crippen molar-refractivity contribution < 1.29 is 24.8 Å². The van der Waals surface area contributed by atoms with Gasteiger partial charge in [0.05, 0.1) is 36.5 Å². The summed E-state index contributed by atoms with van der Waals surface area (Å²) in [6.45, 7) is 1.89. The molecule has 148 valence electrons. The number of aryl methyl sites for hydroxylation is 1. The third-order valence-corrected chi connectivity index (χ3v) is 4.79. The Kier molecular flexibility index (Phi) is 7.35. The summed E-state index contributed by atoms with van der Waals surface area (Å²) < 4.78 is 6.53. The fraction of sp³-hybridized carbons (Fsp3) is 0.176. The van der Waals surface area contributed by atoms with E-state index in [1.807, 2.05) is 19.1 Å². The van der Waals surface area contributed by atoms with Crippen molar-refractivity contribution in [2.75, 3.05) is 19.0 Å². The fourth-order valence-corrected chi connectivity index (χ4v) is 3.93. The number of benzene rings is 2. The van der Waals surface area contributed by atoms with Gasteiger partial charge in [0.25, 0.3) is 10.8 Å². The molecule has 28 heavy (non-hydrogen) atoms. The minimum Gasteiger partial charge on any atom is -0.504 e. The third kappa shape index (κ3) is 5.42. The topological polar surface area (TPSA) is 123 Å². The molecule has 0 unspecified atom stereocenters. The van der Waals surface area contributed by atoms with Gasteiger partial charge in [0, 0.05) is 20.6 Å². The summed E-state index contributed by atoms with van der Waals surface area (Å²) in [4.78, 5) is 22.7. The van der Waals surface area contributed by atoms with Gasteiger partial charge in [-0.2, -0.15) is 5.10 Å². The number of hydrogen-bond acceptors (Lipinski definition) is 6. The van der Waals surface area contributed by atoms with Crippen molar-refractivity contribution in [2.24, 2.45) is 5.10 Å². The SMILES string of the molecule is COc1cc([N+](=O)O)cc(/C=N/NC(=O)CNc2c(Br)cc(C)cc2Br)c1O. The van der Waals surface area contributed by atoms with Gasteiger partial charge in [-0.25, -0.2) is 10.6 Å². The van der Waals surface area contributed by atoms with Gasteiger partial charge < -0.3 is 15.2 Å². The van der Waals surface area contributed by atoms with Crippen LogP contribution in [0.5, 0.6) is 11.5 Å². The van der Waals surface area contributed by atoms with Crippen molar-refractivity contribution in [2.45, 2.75) is 6.92 Å². The van der Waals surface area contributed by atoms with Crippen LogP contribution in [0.15, 0.2) is 38.3 Å². The summed E-state index contributed by atoms with van der Waals surface area (Å²) >= 11 is 6.86. The number of aromatic hydroxyl groups is 1. The smallest absolute Gasteiger partial charge is 0.321 e. The predicted octanol–water partition coefficient (Wildman–Crippen LogP) is 3.60. The highest BCUT2D eigenvalue weighted by atomic mass is 79.9. The van der Waals surface area contributed by atoms with Gasteiger partial charge in [0.2, 0.25) is 0 Å². The molecule has 0 fully saturated rings. The molecule has 0 aliphatic carbocycles. The van der Waals surface area contributed by atoms with Gasteiger partial charge in [-0.15, -0.1) is 0 Å². The first-order valence-electron chi connectivity index (χ1n) is 7.81. The van der Waals surface area contributed by atoms with Crippen LogP contribution in [-0.2, 0) is 4.79 Å². The first kappa shape index (κ1) is 21.6. The van der Waals surface area contributed by atoms with E-state index >= 15 is 0 Å². The number of carbonyl (C=O) groups excluding carboxylic acids is 1. The predicted molar refractivity (Wildman–Crippen MR) is 111 cm³/mol. The molecule has 0 radical (unpaired) electrons. The molecule has 11 heteroatoms. The van der Waals surface area contributed by atoms with Crippen LogP contribution in [0, 0.1) is 11.8 Å². The monoisotopic (exact) mass is 515 g/mol. The highest BCUT2D eigenvalue weighted by Crippen LogP contribution is 2.33. The van der Waals surface area contributed by atoms with Crippen molar-refractivity contribution in [1.82, 2.24) is 5.43 Å². The first-order chi connectivity index (χ1) is 13.2. The van der Waals surface area contributed by atoms with Gasteiger partial charge in [-0.05, 0) is 56.5 Å². The van der Waals surface area contributed by atoms with Crippen LogP contribution >= 0.6 is 31.9 Å². The maximum Gasteiger partial charge on any atom is 0.321 e. The van der Waals surface area contributed by atoms with E-state index in [4.69, 9.17) is 9.94 Å². The van der Waals surface area contributed by atoms with E-state index in [2.05, 4.69) is 47.7 Å². The number of amides is 1. The molecule has 0 aliphatic heterocycles. The van der Waals surface area contributed by atoms with Gasteiger partial charge in [-0.3, -0.25) is 4.79 Å². The first-order valence-corrected chi connectivity index (χ1v) is 9.40. The Morgan fingerprint density at radius 1 is 1.29 bits per heavy atom. The zero-order valence-electron chi connectivity index (χ0n) is 14.9. The average Bonchev–Trinajstić information content (AvgIpc) is 2.61. The number of halogens is 2. The largest absolute Gasteiger partial charge is 0.504 e. The van der Waals surface area contributed by atoms with Crippen molar-refractivity contribution in [3.8, 4) is 11.5 Å². The normalized spacial score (nSPS) is 10.7. The number of methoxy groups -OCH3 is 1. The minimum atomic E-state index is -0.439. The average molecular weight is 517 g/mol. The van der Waals surface area contributed by atoms with Gasteiger partial charge in [-0.1, -0.05) is 0 Å². The van der Waals surface area contributed by atoms with E-state index < -0.39 is 5.91 Å². The summed E-state index contributed by atoms with van der Waals surface area (Å²) in [6, 6.07) is 6.15. The van der Waals surface area contributed by atoms with E-state index in [-0.39, 0.29) is 34.2 Å². The van der Waals surface area contributed by atoms with Gasteiger partial charge >= 0.3 is 5.69 Å². The summed E-state index contributed by atoms with van der Waals surface area (Å²) in [5.41, 5.74) is 3.97. The van der Waals surface area contributed by atoms with Crippen molar-refractivity contribution in [3.63, 3.8) is 0 Å². The summed E-state index contributed by atoms with van der Waals surface area (Å²) in [5, 5.41) is 25.8. The van der Waals surface area contributed by atoms with Crippen LogP contribution in [0.2, 0.25) is 0 Å². The number of phenols is 1. The molecule has 0 saturated heterocycles. The lowest BCUT2D eigenvalue weighted by Gasteiger charge is -2.11. The Morgan fingerprint density at radius 3 is 2.50 bits per heavy atom. The van der Waals surface area contributed by atoms with E-state index in [1.165, 1.54) is 13.2 Å². The van der Waals surface area contributed by atoms with Crippen LogP contribution in [0.3, 0.4) is 0 Å². The number of nitrogens with zero attached hydrogens (tertiary/aromatic N) is 2. The zero-order chi connectivity index (χ0) is 20.8. The molecule has 0 heterocycles. The second-order valence-corrected chi connectivity index (χ2v) is 7.32. The van der Waals surface area contributed by atoms with Gasteiger partial charge in [0.1, 0.15) is 0 Å². The van der Waals surface area contributed by atoms with Crippen LogP contribution in [0.4, 0.5) is 11.4 Å². The molecule has 2 aromatic rings. The highest BCUT2D eigenvalue weighted by Gasteiger charge is 2.19. The molecule has 2 rings (SSSR count). The number of rotatable bonds is 7. The molecule has 9 nitrogen and oxygen atoms in total. The Labute approximate surface area is 177 Å². The second kappa shape index (κ2) is 9.51. The second-order valence-electron chi connectivity index (χ2n) is 5.61. The highest BCUT2D eigenvalue weighted by molar-refractivity contribution is 9.11. The molecule has 0 aliphatic rings. The lowest BCUT2D eigenvalue weighted by Crippen LogP contribution is -2.26. The Morgan fingerprint density at radius 2 is 1.93 bits per heavy atom. The maximum absolute atomic E-state index is 12.0. The number of carbonyl (C=O) groups is 1. The number of hydrazone groups is 1. The van der Waals surface area contributed by atoms with Crippen molar-refractivity contribution >= 4 is 55.4 Å². The lowest BCUT2D eigenvalue weighted by atomic mass is 10.2. The molecular weight excluding hydrogens is 500 g/mol. The number of phenolic OH excluding ortho intramolecular Hbond substituents is 1. The zero-order valence-corrected chi connectivity index (χ0v) is 18.0. The number of anilines is 1. The van der Waals surface area contributed by atoms with Crippen molar-refractivity contribution in [1.29, 1.82) is 0 Å². The molecule has 0 saturated carbocycles. The van der Waals surface area contributed by atoms with Crippen LogP contribution in [-0.4, -0.2) is 41.0 Å². The maximum atomic E-state index is 12.0. The molecule has 0 spiro atoms. The Bertz CT molecular complexity index is 926. The van der Waals surface area contributed by atoms with Gasteiger partial charge in [0.15, 0.2) is 11.5 Å². The number of hydrogen-bond donors (Lipinski definition) is 4. The molecule has 4 N–H and O–H groups in total. The molecule has 0 atom stereocenters. The summed E-state index contributed by atoms with van der Waals surface area (Å²) in [7, 11) is 1.29. The van der Waals surface area contributed by atoms with Crippen LogP contribution in [0.25, 0.3) is 0 Å². The standard InChI is InChI=1S/C17H16Br2N4O5/c1-9-3-12(18)16(13(19)4-9)20-8-15(24)22-21-7-10-5-11(23(26)27)6-14(28-2)17(10)25/h3-7,20H,8H2,1-2H3,(H2-,21,22,24,25,26,27)/p+1. The lowest BCUT2D eigenvalue weighted by molar-refractivity contribution is -0.729. The van der Waals surface area contributed by atoms with E-state index in [0.717, 1.165) is 32.5 Å². The molecule has 0 aromatic heterocycles. The Hall–Kier alpha value is -2.66. The van der Waals surface area contributed by atoms with E-state index in [0.29, 0.717) is 0 Å². The number of nitrogens with one attached hydrogen (secondary N) is 2. The van der Waals surface area contributed by atoms with Crippen LogP contribution in [0.1, 0.15) is 11.1 Å². The molecule has 2 aromatic carbocycles. The Balaban J connectivity index is 2.04. The fourth-order valence-electron chi connectivity index (χ4n) is 2.23. The summed E-state index contributed by atoms with van der Waals surface area (Å²) in [6.07, 6.45) is 1.13.